The fourth-order valence-electron chi connectivity index (χ4n) is 5.19. The fourth-order valence-corrected chi connectivity index (χ4v) is 5.36. The predicted octanol–water partition coefficient (Wildman–Crippen LogP) is 7.03. The molecule has 1 fully saturated rings. The molecule has 39 heavy (non-hydrogen) atoms. The molecule has 1 aliphatic rings. The summed E-state index contributed by atoms with van der Waals surface area (Å²) in [5.74, 6) is 0.0823. The van der Waals surface area contributed by atoms with E-state index in [-0.39, 0.29) is 24.2 Å². The van der Waals surface area contributed by atoms with Gasteiger partial charge in [-0.05, 0) is 61.6 Å². The van der Waals surface area contributed by atoms with Gasteiger partial charge in [0.05, 0.1) is 18.1 Å². The van der Waals surface area contributed by atoms with Crippen molar-refractivity contribution in [3.05, 3.63) is 84.1 Å². The van der Waals surface area contributed by atoms with Crippen LogP contribution in [0.3, 0.4) is 0 Å². The average Bonchev–Trinajstić information content (AvgIpc) is 3.21. The van der Waals surface area contributed by atoms with Gasteiger partial charge in [0.25, 0.3) is 0 Å². The lowest BCUT2D eigenvalue weighted by Crippen LogP contribution is -2.39. The van der Waals surface area contributed by atoms with Gasteiger partial charge in [0, 0.05) is 62.3 Å². The zero-order valence-corrected chi connectivity index (χ0v) is 24.7. The molecule has 2 heterocycles. The van der Waals surface area contributed by atoms with Crippen LogP contribution in [-0.2, 0) is 11.8 Å². The Balaban J connectivity index is 2.05. The van der Waals surface area contributed by atoms with E-state index >= 15 is 0 Å². The zero-order valence-electron chi connectivity index (χ0n) is 23.9. The van der Waals surface area contributed by atoms with E-state index in [1.807, 2.05) is 55.0 Å². The Morgan fingerprint density at radius 1 is 1.23 bits per heavy atom. The number of aliphatic imine (C=N–C) groups is 1. The van der Waals surface area contributed by atoms with Crippen molar-refractivity contribution >= 4 is 29.0 Å². The summed E-state index contributed by atoms with van der Waals surface area (Å²) in [7, 11) is 2.01. The van der Waals surface area contributed by atoms with Gasteiger partial charge in [-0.15, -0.1) is 0 Å². The van der Waals surface area contributed by atoms with Crippen LogP contribution in [0.1, 0.15) is 69.3 Å². The zero-order chi connectivity index (χ0) is 28.5. The number of halogens is 1. The summed E-state index contributed by atoms with van der Waals surface area (Å²) < 4.78 is 7.67. The maximum Gasteiger partial charge on any atom is 0.410 e. The van der Waals surface area contributed by atoms with Crippen molar-refractivity contribution in [1.82, 2.24) is 19.4 Å². The molecular formula is C31H42ClN5O2. The molecule has 1 aromatic heterocycles. The van der Waals surface area contributed by atoms with Gasteiger partial charge in [0.2, 0.25) is 0 Å². The van der Waals surface area contributed by atoms with Crippen molar-refractivity contribution in [2.45, 2.75) is 58.6 Å². The second-order valence-corrected chi connectivity index (χ2v) is 10.4. The van der Waals surface area contributed by atoms with Crippen LogP contribution in [0.5, 0.6) is 0 Å². The van der Waals surface area contributed by atoms with Crippen LogP contribution in [0.15, 0.2) is 67.2 Å². The quantitative estimate of drug-likeness (QED) is 0.297. The summed E-state index contributed by atoms with van der Waals surface area (Å²) in [6.45, 7) is 18.8. The number of amides is 1. The highest BCUT2D eigenvalue weighted by atomic mass is 35.5. The molecule has 0 aliphatic carbocycles. The number of allylic oxidation sites excluding steroid dienone is 2. The minimum atomic E-state index is -0.250. The number of benzene rings is 1. The second-order valence-electron chi connectivity index (χ2n) is 9.95. The first-order valence-corrected chi connectivity index (χ1v) is 14.1. The van der Waals surface area contributed by atoms with E-state index in [2.05, 4.69) is 54.0 Å². The SMILES string of the molecule is C=CN=C(C=C)[C@H](c1ccc(Cl)cc1/C(=C\C)[C@@H](C)c1cncn1C)N1CCCN(C(=O)OC(C)CC)CC1. The number of carbonyl (C=O) groups excluding carboxylic acids is 1. The molecule has 2 aromatic rings. The van der Waals surface area contributed by atoms with E-state index in [1.165, 1.54) is 0 Å². The molecule has 1 unspecified atom stereocenters. The van der Waals surface area contributed by atoms with Gasteiger partial charge in [-0.25, -0.2) is 9.78 Å². The summed E-state index contributed by atoms with van der Waals surface area (Å²) in [5, 5.41) is 0.666. The summed E-state index contributed by atoms with van der Waals surface area (Å²) in [6, 6.07) is 5.85. The van der Waals surface area contributed by atoms with E-state index in [0.29, 0.717) is 24.7 Å². The molecule has 0 radical (unpaired) electrons. The van der Waals surface area contributed by atoms with Crippen molar-refractivity contribution in [3.63, 3.8) is 0 Å². The van der Waals surface area contributed by atoms with Crippen LogP contribution in [0, 0.1) is 0 Å². The molecule has 1 aliphatic heterocycles. The molecular weight excluding hydrogens is 510 g/mol. The highest BCUT2D eigenvalue weighted by Crippen LogP contribution is 2.39. The molecule has 1 amide bonds. The minimum absolute atomic E-state index is 0.0823. The Kier molecular flexibility index (Phi) is 11.1. The monoisotopic (exact) mass is 551 g/mol. The molecule has 3 rings (SSSR count). The number of nitrogens with zero attached hydrogens (tertiary/aromatic N) is 5. The van der Waals surface area contributed by atoms with E-state index in [4.69, 9.17) is 16.3 Å². The van der Waals surface area contributed by atoms with Crippen molar-refractivity contribution in [2.24, 2.45) is 12.0 Å². The molecule has 0 saturated carbocycles. The number of ether oxygens (including phenoxy) is 1. The number of rotatable bonds is 10. The van der Waals surface area contributed by atoms with Crippen LogP contribution in [0.2, 0.25) is 5.02 Å². The summed E-state index contributed by atoms with van der Waals surface area (Å²) >= 11 is 6.59. The molecule has 1 saturated heterocycles. The third-order valence-electron chi connectivity index (χ3n) is 7.46. The average molecular weight is 552 g/mol. The van der Waals surface area contributed by atoms with Crippen molar-refractivity contribution in [2.75, 3.05) is 26.2 Å². The first-order chi connectivity index (χ1) is 18.7. The van der Waals surface area contributed by atoms with Gasteiger partial charge in [0.15, 0.2) is 0 Å². The largest absolute Gasteiger partial charge is 0.446 e. The van der Waals surface area contributed by atoms with Gasteiger partial charge in [-0.3, -0.25) is 9.89 Å². The van der Waals surface area contributed by atoms with E-state index in [0.717, 1.165) is 47.5 Å². The van der Waals surface area contributed by atoms with E-state index in [9.17, 15) is 4.79 Å². The molecule has 210 valence electrons. The first-order valence-electron chi connectivity index (χ1n) is 13.7. The van der Waals surface area contributed by atoms with Gasteiger partial charge >= 0.3 is 6.09 Å². The molecule has 1 aromatic carbocycles. The molecule has 8 heteroatoms. The maximum absolute atomic E-state index is 12.8. The van der Waals surface area contributed by atoms with Crippen LogP contribution in [-0.4, -0.2) is 63.4 Å². The molecule has 3 atom stereocenters. The normalized spacial score (nSPS) is 17.7. The Morgan fingerprint density at radius 2 is 2.00 bits per heavy atom. The highest BCUT2D eigenvalue weighted by molar-refractivity contribution is 6.30. The Morgan fingerprint density at radius 3 is 2.62 bits per heavy atom. The van der Waals surface area contributed by atoms with Gasteiger partial charge in [-0.2, -0.15) is 0 Å². The smallest absolute Gasteiger partial charge is 0.410 e. The number of carbonyl (C=O) groups is 1. The Hall–Kier alpha value is -3.16. The van der Waals surface area contributed by atoms with Crippen LogP contribution in [0.4, 0.5) is 4.79 Å². The van der Waals surface area contributed by atoms with Crippen LogP contribution < -0.4 is 0 Å². The fraction of sp³-hybridized carbons (Fsp3) is 0.452. The molecule has 0 spiro atoms. The second kappa shape index (κ2) is 14.3. The summed E-state index contributed by atoms with van der Waals surface area (Å²) in [5.41, 5.74) is 5.20. The number of imidazole rings is 1. The predicted molar refractivity (Wildman–Crippen MR) is 161 cm³/mol. The molecule has 0 bridgehead atoms. The Labute approximate surface area is 238 Å². The number of aryl methyl sites for hydroxylation is 1. The lowest BCUT2D eigenvalue weighted by atomic mass is 9.84. The lowest BCUT2D eigenvalue weighted by Gasteiger charge is -2.33. The summed E-state index contributed by atoms with van der Waals surface area (Å²) in [6.07, 6.45) is 10.5. The highest BCUT2D eigenvalue weighted by Gasteiger charge is 2.31. The van der Waals surface area contributed by atoms with Crippen molar-refractivity contribution in [1.29, 1.82) is 0 Å². The maximum atomic E-state index is 12.8. The van der Waals surface area contributed by atoms with Crippen molar-refractivity contribution in [3.8, 4) is 0 Å². The molecule has 7 nitrogen and oxygen atoms in total. The number of aromatic nitrogens is 2. The Bertz CT molecular complexity index is 1220. The number of hydrogen-bond acceptors (Lipinski definition) is 5. The van der Waals surface area contributed by atoms with Gasteiger partial charge < -0.3 is 14.2 Å². The van der Waals surface area contributed by atoms with Crippen molar-refractivity contribution < 1.29 is 9.53 Å². The van der Waals surface area contributed by atoms with Crippen LogP contribution in [0.25, 0.3) is 5.57 Å². The summed E-state index contributed by atoms with van der Waals surface area (Å²) in [4.78, 5) is 26.0. The van der Waals surface area contributed by atoms with Crippen LogP contribution >= 0.6 is 11.6 Å². The lowest BCUT2D eigenvalue weighted by molar-refractivity contribution is 0.0692. The topological polar surface area (TPSA) is 63.0 Å². The van der Waals surface area contributed by atoms with Gasteiger partial charge in [0.1, 0.15) is 6.10 Å². The van der Waals surface area contributed by atoms with E-state index < -0.39 is 0 Å². The van der Waals surface area contributed by atoms with Gasteiger partial charge in [-0.1, -0.05) is 50.7 Å². The first kappa shape index (κ1) is 30.4. The third kappa shape index (κ3) is 7.28. The standard InChI is InChI=1S/C31H42ClN5O2/c1-8-22(5)39-31(38)37-16-12-15-36(17-18-37)30(28(10-3)34-11-4)26-14-13-24(32)19-27(26)25(9-2)23(6)29-20-33-21-35(29)7/h9-11,13-14,19-23,30H,3-4,8,12,15-18H2,1-2,5-7H3/b25-9-,34-28?/t22?,23-,30+/m1/s1. The number of hydrogen-bond donors (Lipinski definition) is 0. The molecule has 0 N–H and O–H groups in total. The minimum Gasteiger partial charge on any atom is -0.446 e. The third-order valence-corrected chi connectivity index (χ3v) is 7.69. The van der Waals surface area contributed by atoms with E-state index in [1.54, 1.807) is 12.3 Å².